The number of carboxylic acid groups (broad SMARTS) is 3. The average molecular weight is 1090 g/mol. The molecular weight excluding hydrogens is 1030 g/mol. The molecule has 1 aliphatic heterocycles. The van der Waals surface area contributed by atoms with Gasteiger partial charge in [-0.25, -0.2) is 10.3 Å². The predicted molar refractivity (Wildman–Crippen MR) is 175 cm³/mol. The molecule has 0 saturated carbocycles. The minimum absolute atomic E-state index is 0. The SMILES string of the molecule is CC(C)(C)C(CC(CO)C(=O)O)C(CO)OS(=O)(=O)O.CC(C)(C)C(CO)CC(CO)C(=O)O.CC(C)(C)[C@@H]1O[C-]=C[C@@H](O)C1O.O=CO.[Y].[Y].[Y].[Y]. The Balaban J connectivity index is -0.000000114. The third-order valence-electron chi connectivity index (χ3n) is 7.63. The van der Waals surface area contributed by atoms with Crippen molar-refractivity contribution in [3.8, 4) is 0 Å². The zero-order chi connectivity index (χ0) is 39.6. The monoisotopic (exact) mass is 1090 g/mol. The van der Waals surface area contributed by atoms with Crippen LogP contribution in [-0.2, 0) is 165 Å². The van der Waals surface area contributed by atoms with E-state index in [9.17, 15) is 33.3 Å². The molecule has 0 aromatic rings. The molecule has 0 aromatic carbocycles. The van der Waals surface area contributed by atoms with Crippen LogP contribution in [-0.4, -0.2) is 128 Å². The van der Waals surface area contributed by atoms with Crippen LogP contribution in [0.5, 0.6) is 0 Å². The molecule has 1 rings (SSSR count). The Hall–Kier alpha value is 2.00. The largest absolute Gasteiger partial charge is 0.689 e. The van der Waals surface area contributed by atoms with E-state index in [1.807, 2.05) is 41.5 Å². The van der Waals surface area contributed by atoms with E-state index in [1.165, 1.54) is 6.08 Å². The number of hydrogen-bond donors (Lipinski definition) is 10. The van der Waals surface area contributed by atoms with Crippen molar-refractivity contribution in [1.82, 2.24) is 0 Å². The third-order valence-corrected chi connectivity index (χ3v) is 8.12. The van der Waals surface area contributed by atoms with E-state index in [4.69, 9.17) is 44.7 Å². The van der Waals surface area contributed by atoms with Gasteiger partial charge in [-0.05, 0) is 40.9 Å². The molecular formula is C31H59O17SY4-. The summed E-state index contributed by atoms with van der Waals surface area (Å²) in [6.45, 7) is 14.8. The second kappa shape index (κ2) is 33.8. The number of carbonyl (C=O) groups is 3. The van der Waals surface area contributed by atoms with E-state index in [0.29, 0.717) is 6.42 Å². The molecule has 0 amide bonds. The smallest absolute Gasteiger partial charge is 0.397 e. The molecule has 0 spiro atoms. The first-order valence-electron chi connectivity index (χ1n) is 15.3. The van der Waals surface area contributed by atoms with Crippen molar-refractivity contribution in [2.45, 2.75) is 99.6 Å². The minimum atomic E-state index is -4.77. The summed E-state index contributed by atoms with van der Waals surface area (Å²) in [4.78, 5) is 30.0. The van der Waals surface area contributed by atoms with Gasteiger partial charge in [0.1, 0.15) is 12.2 Å². The average Bonchev–Trinajstić information content (AvgIpc) is 2.92. The normalized spacial score (nSPS) is 19.4. The van der Waals surface area contributed by atoms with E-state index in [2.05, 4.69) is 10.4 Å². The van der Waals surface area contributed by atoms with Gasteiger partial charge in [0.05, 0.1) is 43.9 Å². The summed E-state index contributed by atoms with van der Waals surface area (Å²) < 4.78 is 39.8. The van der Waals surface area contributed by atoms with Crippen LogP contribution in [0.25, 0.3) is 0 Å². The maximum Gasteiger partial charge on any atom is 0.397 e. The minimum Gasteiger partial charge on any atom is -0.689 e. The van der Waals surface area contributed by atoms with Crippen molar-refractivity contribution in [3.63, 3.8) is 0 Å². The van der Waals surface area contributed by atoms with Crippen LogP contribution in [0.4, 0.5) is 0 Å². The Morgan fingerprint density at radius 1 is 0.792 bits per heavy atom. The second-order valence-corrected chi connectivity index (χ2v) is 15.7. The van der Waals surface area contributed by atoms with Crippen LogP contribution < -0.4 is 0 Å². The number of ether oxygens (including phenoxy) is 1. The summed E-state index contributed by atoms with van der Waals surface area (Å²) in [6, 6.07) is 0. The van der Waals surface area contributed by atoms with Gasteiger partial charge in [0, 0.05) is 137 Å². The summed E-state index contributed by atoms with van der Waals surface area (Å²) in [6.07, 6.45) is 0.625. The van der Waals surface area contributed by atoms with Gasteiger partial charge in [-0.1, -0.05) is 62.3 Å². The molecule has 53 heavy (non-hydrogen) atoms. The number of rotatable bonds is 13. The van der Waals surface area contributed by atoms with E-state index >= 15 is 0 Å². The van der Waals surface area contributed by atoms with Gasteiger partial charge in [-0.15, -0.1) is 0 Å². The zero-order valence-corrected chi connectivity index (χ0v) is 44.2. The number of aliphatic hydroxyl groups is 6. The summed E-state index contributed by atoms with van der Waals surface area (Å²) in [5, 5.41) is 79.6. The van der Waals surface area contributed by atoms with Crippen LogP contribution in [0.1, 0.15) is 75.2 Å². The Morgan fingerprint density at radius 2 is 1.19 bits per heavy atom. The van der Waals surface area contributed by atoms with E-state index in [1.54, 1.807) is 20.8 Å². The molecule has 1 heterocycles. The van der Waals surface area contributed by atoms with E-state index in [0.717, 1.165) is 0 Å². The Morgan fingerprint density at radius 3 is 1.43 bits per heavy atom. The Kier molecular flexibility index (Phi) is 44.4. The van der Waals surface area contributed by atoms with Gasteiger partial charge < -0.3 is 57.0 Å². The summed E-state index contributed by atoms with van der Waals surface area (Å²) >= 11 is 0. The molecule has 0 saturated heterocycles. The molecule has 4 radical (unpaired) electrons. The molecule has 304 valence electrons. The first kappa shape index (κ1) is 69.6. The van der Waals surface area contributed by atoms with Gasteiger partial charge in [-0.3, -0.25) is 18.9 Å². The maximum atomic E-state index is 11.0. The molecule has 10 N–H and O–H groups in total. The third kappa shape index (κ3) is 32.5. The zero-order valence-electron chi connectivity index (χ0n) is 32.1. The van der Waals surface area contributed by atoms with Gasteiger partial charge in [-0.2, -0.15) is 8.42 Å². The van der Waals surface area contributed by atoms with Crippen LogP contribution >= 0.6 is 0 Å². The predicted octanol–water partition coefficient (Wildman–Crippen LogP) is 0.797. The van der Waals surface area contributed by atoms with E-state index in [-0.39, 0.29) is 174 Å². The first-order chi connectivity index (χ1) is 22.1. The van der Waals surface area contributed by atoms with Crippen molar-refractivity contribution in [2.75, 3.05) is 26.4 Å². The fourth-order valence-electron chi connectivity index (χ4n) is 4.52. The first-order valence-corrected chi connectivity index (χ1v) is 16.7. The maximum absolute atomic E-state index is 11.0. The van der Waals surface area contributed by atoms with Crippen LogP contribution in [0.2, 0.25) is 0 Å². The summed E-state index contributed by atoms with van der Waals surface area (Å²) in [7, 11) is -4.77. The molecule has 0 fully saturated rings. The number of carboxylic acids is 2. The fourth-order valence-corrected chi connectivity index (χ4v) is 5.03. The topological polar surface area (TPSA) is 306 Å². The van der Waals surface area contributed by atoms with Gasteiger partial charge >= 0.3 is 22.3 Å². The number of aliphatic hydroxyl groups excluding tert-OH is 6. The van der Waals surface area contributed by atoms with Crippen LogP contribution in [0.15, 0.2) is 6.08 Å². The number of hydrogen-bond acceptors (Lipinski definition) is 13. The molecule has 8 atom stereocenters. The molecule has 22 heteroatoms. The van der Waals surface area contributed by atoms with Crippen molar-refractivity contribution in [2.24, 2.45) is 39.9 Å². The van der Waals surface area contributed by atoms with Crippen LogP contribution in [0.3, 0.4) is 0 Å². The van der Waals surface area contributed by atoms with E-state index < -0.39 is 83.1 Å². The molecule has 1 aliphatic rings. The summed E-state index contributed by atoms with van der Waals surface area (Å²) in [5.41, 5.74) is -0.944. The van der Waals surface area contributed by atoms with Gasteiger partial charge in [0.2, 0.25) is 0 Å². The van der Waals surface area contributed by atoms with Gasteiger partial charge in [0.15, 0.2) is 0 Å². The number of aliphatic carboxylic acids is 2. The molecule has 0 aromatic heterocycles. The molecule has 6 unspecified atom stereocenters. The summed E-state index contributed by atoms with van der Waals surface area (Å²) in [5.74, 6) is -4.93. The fraction of sp³-hybridized carbons (Fsp3) is 0.839. The van der Waals surface area contributed by atoms with Crippen molar-refractivity contribution >= 4 is 28.8 Å². The van der Waals surface area contributed by atoms with Gasteiger partial charge in [0.25, 0.3) is 6.47 Å². The standard InChI is InChI=1S/C11H22O8S.C10H20O4.C9H15O3.CH2O2.4Y/c1-11(2,3)8(4-7(5-12)10(14)15)9(6-13)19-20(16,17)18;1-10(2,3)8(6-12)4-7(5-11)9(13)14;1-9(2,3)8-7(11)6(10)4-5-12-8;2-1-3;;;;/h7-9,12-13H,4-6H2,1-3H3,(H,14,15)(H,16,17,18);7-8,11-12H,4-6H2,1-3H3,(H,13,14);4,6-8,10-11H,1-3H3;1H,(H,2,3);;;;/q;;-1;;;;;/t;;6-,7?,8-;;;;;/m..1...../s1. The van der Waals surface area contributed by atoms with Crippen molar-refractivity contribution in [3.05, 3.63) is 12.3 Å². The Bertz CT molecular complexity index is 1090. The Labute approximate surface area is 414 Å². The molecule has 0 bridgehead atoms. The van der Waals surface area contributed by atoms with Crippen LogP contribution in [0, 0.1) is 46.2 Å². The quantitative estimate of drug-likeness (QED) is 0.0693. The van der Waals surface area contributed by atoms with Crippen molar-refractivity contribution < 1.29 is 213 Å². The molecule has 0 aliphatic carbocycles. The molecule has 17 nitrogen and oxygen atoms in total. The second-order valence-electron chi connectivity index (χ2n) is 14.6. The van der Waals surface area contributed by atoms with Crippen molar-refractivity contribution in [1.29, 1.82) is 0 Å².